The van der Waals surface area contributed by atoms with Crippen molar-refractivity contribution in [1.82, 2.24) is 0 Å². The molecule has 100 valence electrons. The van der Waals surface area contributed by atoms with Crippen molar-refractivity contribution in [3.05, 3.63) is 53.5 Å². The molecule has 0 aliphatic rings. The molecular formula is C17H27N. The second kappa shape index (κ2) is 7.08. The molecule has 1 heteroatoms. The van der Waals surface area contributed by atoms with Crippen molar-refractivity contribution in [2.75, 3.05) is 0 Å². The van der Waals surface area contributed by atoms with Gasteiger partial charge in [0, 0.05) is 11.3 Å². The summed E-state index contributed by atoms with van der Waals surface area (Å²) < 4.78 is 0. The van der Waals surface area contributed by atoms with E-state index in [4.69, 9.17) is 5.73 Å². The third kappa shape index (κ3) is 5.25. The zero-order valence-electron chi connectivity index (χ0n) is 12.6. The first-order chi connectivity index (χ1) is 8.23. The smallest absolute Gasteiger partial charge is 0.0349 e. The van der Waals surface area contributed by atoms with Crippen LogP contribution in [-0.2, 0) is 0 Å². The molecule has 0 fully saturated rings. The van der Waals surface area contributed by atoms with Crippen molar-refractivity contribution in [1.29, 1.82) is 0 Å². The first-order valence-electron chi connectivity index (χ1n) is 6.42. The Balaban J connectivity index is 4.88. The van der Waals surface area contributed by atoms with E-state index in [0.717, 1.165) is 18.4 Å². The van der Waals surface area contributed by atoms with Gasteiger partial charge >= 0.3 is 0 Å². The fraction of sp³-hybridized carbons (Fsp3) is 0.471. The summed E-state index contributed by atoms with van der Waals surface area (Å²) in [6.07, 6.45) is 6.13. The Bertz CT molecular complexity index is 417. The van der Waals surface area contributed by atoms with Gasteiger partial charge in [0.05, 0.1) is 0 Å². The van der Waals surface area contributed by atoms with Gasteiger partial charge in [-0.3, -0.25) is 0 Å². The Morgan fingerprint density at radius 2 is 1.83 bits per heavy atom. The van der Waals surface area contributed by atoms with Gasteiger partial charge in [0.2, 0.25) is 0 Å². The van der Waals surface area contributed by atoms with Crippen molar-refractivity contribution in [2.24, 2.45) is 11.1 Å². The first-order valence-corrected chi connectivity index (χ1v) is 6.42. The van der Waals surface area contributed by atoms with E-state index >= 15 is 0 Å². The molecule has 18 heavy (non-hydrogen) atoms. The van der Waals surface area contributed by atoms with Gasteiger partial charge in [-0.25, -0.2) is 0 Å². The minimum Gasteiger partial charge on any atom is -0.398 e. The number of hydrogen-bond donors (Lipinski definition) is 1. The highest BCUT2D eigenvalue weighted by Gasteiger charge is 2.22. The summed E-state index contributed by atoms with van der Waals surface area (Å²) >= 11 is 0. The summed E-state index contributed by atoms with van der Waals surface area (Å²) in [5, 5.41) is 0. The summed E-state index contributed by atoms with van der Waals surface area (Å²) in [5.74, 6) is 0. The molecular weight excluding hydrogens is 218 g/mol. The molecule has 1 atom stereocenters. The van der Waals surface area contributed by atoms with Crippen LogP contribution in [0.25, 0.3) is 0 Å². The van der Waals surface area contributed by atoms with Crippen molar-refractivity contribution in [3.8, 4) is 0 Å². The standard InChI is InChI=1S/C17H27N/c1-8-17(7,13(2)3)12-14(4)10-9-11-15(5)16(6)18/h9-10H,2,6,8,12,18H2,1,3-5,7H3/b14-10+. The third-order valence-electron chi connectivity index (χ3n) is 3.63. The molecule has 0 saturated heterocycles. The van der Waals surface area contributed by atoms with Crippen LogP contribution in [0.4, 0.5) is 0 Å². The Morgan fingerprint density at radius 1 is 1.28 bits per heavy atom. The van der Waals surface area contributed by atoms with E-state index in [2.05, 4.69) is 52.7 Å². The Labute approximate surface area is 112 Å². The summed E-state index contributed by atoms with van der Waals surface area (Å²) in [4.78, 5) is 0. The molecule has 0 rings (SSSR count). The normalized spacial score (nSPS) is 14.4. The SMILES string of the molecule is C=C(N)C(C)=C=C/C=C(\C)CC(C)(CC)C(=C)C. The monoisotopic (exact) mass is 245 g/mol. The van der Waals surface area contributed by atoms with Crippen LogP contribution in [0.2, 0.25) is 0 Å². The van der Waals surface area contributed by atoms with E-state index in [1.165, 1.54) is 11.1 Å². The van der Waals surface area contributed by atoms with Gasteiger partial charge in [-0.15, -0.1) is 5.73 Å². The highest BCUT2D eigenvalue weighted by molar-refractivity contribution is 5.25. The molecule has 1 unspecified atom stereocenters. The van der Waals surface area contributed by atoms with Crippen LogP contribution < -0.4 is 5.73 Å². The Morgan fingerprint density at radius 3 is 2.22 bits per heavy atom. The number of rotatable bonds is 6. The molecule has 0 aliphatic carbocycles. The maximum absolute atomic E-state index is 5.57. The Hall–Kier alpha value is -1.46. The predicted molar refractivity (Wildman–Crippen MR) is 82.2 cm³/mol. The van der Waals surface area contributed by atoms with Crippen LogP contribution in [0.1, 0.15) is 47.5 Å². The van der Waals surface area contributed by atoms with Crippen LogP contribution in [0.3, 0.4) is 0 Å². The first kappa shape index (κ1) is 16.5. The van der Waals surface area contributed by atoms with Gasteiger partial charge < -0.3 is 5.73 Å². The van der Waals surface area contributed by atoms with Gasteiger partial charge in [-0.1, -0.05) is 44.2 Å². The van der Waals surface area contributed by atoms with Crippen molar-refractivity contribution >= 4 is 0 Å². The summed E-state index contributed by atoms with van der Waals surface area (Å²) in [6.45, 7) is 18.4. The van der Waals surface area contributed by atoms with Gasteiger partial charge in [0.25, 0.3) is 0 Å². The molecule has 0 bridgehead atoms. The van der Waals surface area contributed by atoms with E-state index in [1.807, 2.05) is 13.0 Å². The van der Waals surface area contributed by atoms with E-state index in [1.54, 1.807) is 0 Å². The maximum Gasteiger partial charge on any atom is 0.0349 e. The second-order valence-electron chi connectivity index (χ2n) is 5.35. The maximum atomic E-state index is 5.57. The van der Waals surface area contributed by atoms with Crippen LogP contribution in [0, 0.1) is 5.41 Å². The largest absolute Gasteiger partial charge is 0.398 e. The molecule has 1 nitrogen and oxygen atoms in total. The summed E-state index contributed by atoms with van der Waals surface area (Å²) in [5.41, 5.74) is 12.9. The zero-order valence-corrected chi connectivity index (χ0v) is 12.6. The predicted octanol–water partition coefficient (Wildman–Crippen LogP) is 4.89. The van der Waals surface area contributed by atoms with E-state index in [0.29, 0.717) is 5.70 Å². The molecule has 0 aromatic carbocycles. The Kier molecular flexibility index (Phi) is 6.51. The third-order valence-corrected chi connectivity index (χ3v) is 3.63. The topological polar surface area (TPSA) is 26.0 Å². The van der Waals surface area contributed by atoms with Crippen molar-refractivity contribution in [3.63, 3.8) is 0 Å². The number of allylic oxidation sites excluding steroid dienone is 4. The zero-order chi connectivity index (χ0) is 14.3. The van der Waals surface area contributed by atoms with Crippen molar-refractivity contribution in [2.45, 2.75) is 47.5 Å². The molecule has 0 aromatic heterocycles. The molecule has 0 spiro atoms. The van der Waals surface area contributed by atoms with Gasteiger partial charge in [-0.2, -0.15) is 0 Å². The van der Waals surface area contributed by atoms with E-state index in [9.17, 15) is 0 Å². The lowest BCUT2D eigenvalue weighted by Crippen LogP contribution is -2.16. The minimum atomic E-state index is 0.185. The average molecular weight is 245 g/mol. The second-order valence-corrected chi connectivity index (χ2v) is 5.35. The fourth-order valence-corrected chi connectivity index (χ4v) is 1.65. The molecule has 0 aromatic rings. The lowest BCUT2D eigenvalue weighted by Gasteiger charge is -2.29. The molecule has 0 radical (unpaired) electrons. The lowest BCUT2D eigenvalue weighted by atomic mass is 9.76. The van der Waals surface area contributed by atoms with Crippen LogP contribution in [-0.4, -0.2) is 0 Å². The molecule has 0 amide bonds. The molecule has 0 aliphatic heterocycles. The fourth-order valence-electron chi connectivity index (χ4n) is 1.65. The van der Waals surface area contributed by atoms with Crippen LogP contribution in [0.15, 0.2) is 53.5 Å². The molecule has 2 N–H and O–H groups in total. The summed E-state index contributed by atoms with van der Waals surface area (Å²) in [7, 11) is 0. The number of hydrogen-bond acceptors (Lipinski definition) is 1. The van der Waals surface area contributed by atoms with Gasteiger partial charge in [0.1, 0.15) is 0 Å². The lowest BCUT2D eigenvalue weighted by molar-refractivity contribution is 0.379. The highest BCUT2D eigenvalue weighted by atomic mass is 14.6. The number of nitrogens with two attached hydrogens (primary N) is 1. The van der Waals surface area contributed by atoms with Crippen LogP contribution in [0.5, 0.6) is 0 Å². The van der Waals surface area contributed by atoms with Gasteiger partial charge in [0.15, 0.2) is 0 Å². The minimum absolute atomic E-state index is 0.185. The van der Waals surface area contributed by atoms with Crippen molar-refractivity contribution < 1.29 is 0 Å². The van der Waals surface area contributed by atoms with E-state index < -0.39 is 0 Å². The quantitative estimate of drug-likeness (QED) is 0.402. The van der Waals surface area contributed by atoms with E-state index in [-0.39, 0.29) is 5.41 Å². The molecule has 0 heterocycles. The highest BCUT2D eigenvalue weighted by Crippen LogP contribution is 2.35. The van der Waals surface area contributed by atoms with Gasteiger partial charge in [-0.05, 0) is 45.1 Å². The van der Waals surface area contributed by atoms with Crippen LogP contribution >= 0.6 is 0 Å². The summed E-state index contributed by atoms with van der Waals surface area (Å²) in [6, 6.07) is 0. The molecule has 0 saturated carbocycles. The average Bonchev–Trinajstić information content (AvgIpc) is 2.28.